The highest BCUT2D eigenvalue weighted by Gasteiger charge is 2.19. The number of carbonyl (C=O) groups excluding carboxylic acids is 1. The SMILES string of the molecule is Cc1cccc(C(C)C)c1NC(=O)CS(=O)(=O)Cc1cccc(Cl)c1. The summed E-state index contributed by atoms with van der Waals surface area (Å²) in [7, 11) is -3.59. The van der Waals surface area contributed by atoms with Crippen LogP contribution in [0.1, 0.15) is 36.5 Å². The number of hydrogen-bond acceptors (Lipinski definition) is 3. The van der Waals surface area contributed by atoms with Crippen molar-refractivity contribution in [2.24, 2.45) is 0 Å². The van der Waals surface area contributed by atoms with E-state index < -0.39 is 21.5 Å². The fourth-order valence-electron chi connectivity index (χ4n) is 2.65. The smallest absolute Gasteiger partial charge is 0.239 e. The molecule has 0 bridgehead atoms. The van der Waals surface area contributed by atoms with Crippen molar-refractivity contribution in [2.45, 2.75) is 32.4 Å². The maximum absolute atomic E-state index is 12.3. The molecule has 2 aromatic rings. The second-order valence-electron chi connectivity index (χ2n) is 6.40. The molecule has 1 amide bonds. The Bertz CT molecular complexity index is 876. The van der Waals surface area contributed by atoms with E-state index in [-0.39, 0.29) is 11.7 Å². The van der Waals surface area contributed by atoms with Gasteiger partial charge in [0.2, 0.25) is 5.91 Å². The van der Waals surface area contributed by atoms with Gasteiger partial charge < -0.3 is 5.32 Å². The van der Waals surface area contributed by atoms with Gasteiger partial charge in [0.15, 0.2) is 9.84 Å². The molecule has 1 N–H and O–H groups in total. The third-order valence-electron chi connectivity index (χ3n) is 3.82. The topological polar surface area (TPSA) is 63.2 Å². The van der Waals surface area contributed by atoms with Crippen molar-refractivity contribution in [2.75, 3.05) is 11.1 Å². The first-order valence-corrected chi connectivity index (χ1v) is 10.2. The van der Waals surface area contributed by atoms with Gasteiger partial charge in [0.05, 0.1) is 5.75 Å². The Hall–Kier alpha value is -1.85. The van der Waals surface area contributed by atoms with Gasteiger partial charge in [-0.2, -0.15) is 0 Å². The van der Waals surface area contributed by atoms with Crippen LogP contribution in [-0.4, -0.2) is 20.1 Å². The molecule has 6 heteroatoms. The molecule has 0 aromatic heterocycles. The van der Waals surface area contributed by atoms with Gasteiger partial charge in [0, 0.05) is 10.7 Å². The largest absolute Gasteiger partial charge is 0.325 e. The number of aryl methyl sites for hydroxylation is 1. The first kappa shape index (κ1) is 19.5. The molecule has 0 fully saturated rings. The quantitative estimate of drug-likeness (QED) is 0.812. The van der Waals surface area contributed by atoms with Crippen LogP contribution in [0.2, 0.25) is 5.02 Å². The minimum Gasteiger partial charge on any atom is -0.325 e. The van der Waals surface area contributed by atoms with Crippen LogP contribution in [0.15, 0.2) is 42.5 Å². The van der Waals surface area contributed by atoms with E-state index >= 15 is 0 Å². The van der Waals surface area contributed by atoms with Crippen LogP contribution in [0.3, 0.4) is 0 Å². The van der Waals surface area contributed by atoms with Gasteiger partial charge >= 0.3 is 0 Å². The lowest BCUT2D eigenvalue weighted by molar-refractivity contribution is -0.113. The molecule has 0 heterocycles. The van der Waals surface area contributed by atoms with Crippen molar-refractivity contribution in [3.05, 3.63) is 64.2 Å². The Kier molecular flexibility index (Phi) is 6.25. The summed E-state index contributed by atoms with van der Waals surface area (Å²) < 4.78 is 24.6. The lowest BCUT2D eigenvalue weighted by atomic mass is 9.98. The summed E-state index contributed by atoms with van der Waals surface area (Å²) in [5.41, 5.74) is 3.16. The maximum Gasteiger partial charge on any atom is 0.239 e. The van der Waals surface area contributed by atoms with Crippen molar-refractivity contribution >= 4 is 33.0 Å². The standard InChI is InChI=1S/C19H22ClNO3S/c1-13(2)17-9-4-6-14(3)19(17)21-18(22)12-25(23,24)11-15-7-5-8-16(20)10-15/h4-10,13H,11-12H2,1-3H3,(H,21,22). The molecule has 0 spiro atoms. The van der Waals surface area contributed by atoms with Crippen LogP contribution in [0, 0.1) is 6.92 Å². The average molecular weight is 380 g/mol. The molecule has 134 valence electrons. The molecule has 0 aliphatic rings. The first-order valence-electron chi connectivity index (χ1n) is 8.02. The van der Waals surface area contributed by atoms with Gasteiger partial charge in [0.1, 0.15) is 5.75 Å². The number of sulfone groups is 1. The molecule has 0 aliphatic carbocycles. The highest BCUT2D eigenvalue weighted by molar-refractivity contribution is 7.91. The van der Waals surface area contributed by atoms with E-state index in [1.807, 2.05) is 39.0 Å². The minimum atomic E-state index is -3.59. The monoisotopic (exact) mass is 379 g/mol. The fourth-order valence-corrected chi connectivity index (χ4v) is 4.12. The number of halogens is 1. The Morgan fingerprint density at radius 1 is 1.16 bits per heavy atom. The van der Waals surface area contributed by atoms with Crippen molar-refractivity contribution < 1.29 is 13.2 Å². The Morgan fingerprint density at radius 3 is 2.48 bits per heavy atom. The number of para-hydroxylation sites is 1. The zero-order chi connectivity index (χ0) is 18.6. The van der Waals surface area contributed by atoms with Crippen LogP contribution >= 0.6 is 11.6 Å². The van der Waals surface area contributed by atoms with Crippen molar-refractivity contribution in [3.8, 4) is 0 Å². The van der Waals surface area contributed by atoms with Crippen LogP contribution in [0.4, 0.5) is 5.69 Å². The van der Waals surface area contributed by atoms with Crippen molar-refractivity contribution in [1.29, 1.82) is 0 Å². The lowest BCUT2D eigenvalue weighted by Crippen LogP contribution is -2.25. The third-order valence-corrected chi connectivity index (χ3v) is 5.53. The summed E-state index contributed by atoms with van der Waals surface area (Å²) in [5, 5.41) is 3.24. The molecule has 0 aliphatic heterocycles. The van der Waals surface area contributed by atoms with E-state index in [1.54, 1.807) is 24.3 Å². The molecule has 0 atom stereocenters. The highest BCUT2D eigenvalue weighted by atomic mass is 35.5. The third kappa shape index (κ3) is 5.58. The minimum absolute atomic E-state index is 0.216. The molecule has 4 nitrogen and oxygen atoms in total. The molecule has 0 radical (unpaired) electrons. The van der Waals surface area contributed by atoms with Gasteiger partial charge in [-0.25, -0.2) is 8.42 Å². The van der Waals surface area contributed by atoms with Crippen molar-refractivity contribution in [1.82, 2.24) is 0 Å². The van der Waals surface area contributed by atoms with E-state index in [2.05, 4.69) is 5.32 Å². The number of hydrogen-bond donors (Lipinski definition) is 1. The average Bonchev–Trinajstić information content (AvgIpc) is 2.47. The Labute approximate surface area is 154 Å². The molecule has 0 saturated heterocycles. The number of anilines is 1. The van der Waals surface area contributed by atoms with Crippen LogP contribution in [-0.2, 0) is 20.4 Å². The predicted octanol–water partition coefficient (Wildman–Crippen LogP) is 4.33. The van der Waals surface area contributed by atoms with E-state index in [0.29, 0.717) is 16.3 Å². The van der Waals surface area contributed by atoms with E-state index in [9.17, 15) is 13.2 Å². The summed E-state index contributed by atoms with van der Waals surface area (Å²) in [6.45, 7) is 5.95. The summed E-state index contributed by atoms with van der Waals surface area (Å²) >= 11 is 5.88. The van der Waals surface area contributed by atoms with Crippen LogP contribution in [0.5, 0.6) is 0 Å². The lowest BCUT2D eigenvalue weighted by Gasteiger charge is -2.16. The first-order chi connectivity index (χ1) is 11.7. The molecule has 25 heavy (non-hydrogen) atoms. The van der Waals surface area contributed by atoms with Gasteiger partial charge in [-0.3, -0.25) is 4.79 Å². The summed E-state index contributed by atoms with van der Waals surface area (Å²) in [6, 6.07) is 12.4. The predicted molar refractivity (Wildman–Crippen MR) is 103 cm³/mol. The van der Waals surface area contributed by atoms with E-state index in [1.165, 1.54) is 0 Å². The summed E-state index contributed by atoms with van der Waals surface area (Å²) in [6.07, 6.45) is 0. The second-order valence-corrected chi connectivity index (χ2v) is 8.91. The number of benzene rings is 2. The highest BCUT2D eigenvalue weighted by Crippen LogP contribution is 2.27. The van der Waals surface area contributed by atoms with Gasteiger partial charge in [-0.05, 0) is 41.7 Å². The zero-order valence-corrected chi connectivity index (χ0v) is 16.1. The van der Waals surface area contributed by atoms with Crippen LogP contribution in [0.25, 0.3) is 0 Å². The van der Waals surface area contributed by atoms with Crippen molar-refractivity contribution in [3.63, 3.8) is 0 Å². The number of amides is 1. The summed E-state index contributed by atoms with van der Waals surface area (Å²) in [5.74, 6) is -1.09. The fraction of sp³-hybridized carbons (Fsp3) is 0.316. The Morgan fingerprint density at radius 2 is 1.84 bits per heavy atom. The van der Waals surface area contributed by atoms with Gasteiger partial charge in [0.25, 0.3) is 0 Å². The number of rotatable bonds is 6. The van der Waals surface area contributed by atoms with Crippen LogP contribution < -0.4 is 5.32 Å². The van der Waals surface area contributed by atoms with Gasteiger partial charge in [-0.15, -0.1) is 0 Å². The van der Waals surface area contributed by atoms with E-state index in [0.717, 1.165) is 11.1 Å². The molecule has 2 aromatic carbocycles. The second kappa shape index (κ2) is 8.02. The Balaban J connectivity index is 2.12. The summed E-state index contributed by atoms with van der Waals surface area (Å²) in [4.78, 5) is 12.3. The number of nitrogens with one attached hydrogen (secondary N) is 1. The maximum atomic E-state index is 12.3. The number of carbonyl (C=O) groups is 1. The molecular weight excluding hydrogens is 358 g/mol. The molecular formula is C19H22ClNO3S. The molecule has 2 rings (SSSR count). The normalized spacial score (nSPS) is 11.6. The molecule has 0 unspecified atom stereocenters. The van der Waals surface area contributed by atoms with E-state index in [4.69, 9.17) is 11.6 Å². The zero-order valence-electron chi connectivity index (χ0n) is 14.5. The van der Waals surface area contributed by atoms with Gasteiger partial charge in [-0.1, -0.05) is 55.8 Å². The molecule has 0 saturated carbocycles.